The van der Waals surface area contributed by atoms with Crippen LogP contribution in [0.2, 0.25) is 10.2 Å². The molecule has 0 fully saturated rings. The molecule has 0 saturated heterocycles. The van der Waals surface area contributed by atoms with Gasteiger partial charge in [-0.1, -0.05) is 47.5 Å². The van der Waals surface area contributed by atoms with Crippen LogP contribution in [0.4, 0.5) is 0 Å². The SMILES string of the molecule is Clc1cc(Oc2ccc(Cl)c3ccccc23)ncn1. The normalized spacial score (nSPS) is 10.6. The summed E-state index contributed by atoms with van der Waals surface area (Å²) in [6.07, 6.45) is 1.36. The highest BCUT2D eigenvalue weighted by molar-refractivity contribution is 6.35. The van der Waals surface area contributed by atoms with Crippen molar-refractivity contribution in [2.24, 2.45) is 0 Å². The molecular formula is C14H8Cl2N2O. The number of halogens is 2. The third-order valence-corrected chi connectivity index (χ3v) is 3.19. The second-order valence-corrected chi connectivity index (χ2v) is 4.67. The molecule has 1 aromatic heterocycles. The van der Waals surface area contributed by atoms with Crippen LogP contribution < -0.4 is 4.74 Å². The minimum absolute atomic E-state index is 0.336. The van der Waals surface area contributed by atoms with Crippen LogP contribution >= 0.6 is 23.2 Å². The first kappa shape index (κ1) is 12.2. The van der Waals surface area contributed by atoms with Crippen LogP contribution in [0, 0.1) is 0 Å². The molecule has 2 aromatic carbocycles. The van der Waals surface area contributed by atoms with Gasteiger partial charge in [-0.15, -0.1) is 0 Å². The summed E-state index contributed by atoms with van der Waals surface area (Å²) in [6.45, 7) is 0. The first-order chi connectivity index (χ1) is 9.24. The fraction of sp³-hybridized carbons (Fsp3) is 0. The quantitative estimate of drug-likeness (QED) is 0.640. The molecule has 0 atom stereocenters. The van der Waals surface area contributed by atoms with Crippen molar-refractivity contribution in [1.29, 1.82) is 0 Å². The summed E-state index contributed by atoms with van der Waals surface area (Å²) in [5, 5.41) is 2.87. The van der Waals surface area contributed by atoms with Gasteiger partial charge in [0.15, 0.2) is 0 Å². The van der Waals surface area contributed by atoms with Crippen molar-refractivity contribution in [1.82, 2.24) is 9.97 Å². The molecular weight excluding hydrogens is 283 g/mol. The summed E-state index contributed by atoms with van der Waals surface area (Å²) in [4.78, 5) is 7.82. The topological polar surface area (TPSA) is 35.0 Å². The van der Waals surface area contributed by atoms with E-state index in [-0.39, 0.29) is 0 Å². The molecule has 0 aliphatic heterocycles. The third-order valence-electron chi connectivity index (χ3n) is 2.65. The van der Waals surface area contributed by atoms with Crippen LogP contribution in [0.3, 0.4) is 0 Å². The summed E-state index contributed by atoms with van der Waals surface area (Å²) in [5.41, 5.74) is 0. The van der Waals surface area contributed by atoms with E-state index in [2.05, 4.69) is 9.97 Å². The van der Waals surface area contributed by atoms with Gasteiger partial charge in [0.05, 0.1) is 0 Å². The molecule has 0 aliphatic rings. The van der Waals surface area contributed by atoms with E-state index in [1.165, 1.54) is 6.33 Å². The number of nitrogens with zero attached hydrogens (tertiary/aromatic N) is 2. The summed E-state index contributed by atoms with van der Waals surface area (Å²) >= 11 is 12.0. The molecule has 0 N–H and O–H groups in total. The van der Waals surface area contributed by atoms with Crippen LogP contribution in [-0.2, 0) is 0 Å². The van der Waals surface area contributed by atoms with E-state index in [1.807, 2.05) is 24.3 Å². The molecule has 3 aromatic rings. The predicted octanol–water partition coefficient (Wildman–Crippen LogP) is 4.73. The van der Waals surface area contributed by atoms with Gasteiger partial charge in [-0.25, -0.2) is 9.97 Å². The molecule has 0 radical (unpaired) electrons. The Labute approximate surface area is 119 Å². The fourth-order valence-corrected chi connectivity index (χ4v) is 2.17. The molecule has 19 heavy (non-hydrogen) atoms. The van der Waals surface area contributed by atoms with Crippen LogP contribution in [0.1, 0.15) is 0 Å². The van der Waals surface area contributed by atoms with Crippen LogP contribution in [-0.4, -0.2) is 9.97 Å². The first-order valence-corrected chi connectivity index (χ1v) is 6.32. The zero-order chi connectivity index (χ0) is 13.2. The van der Waals surface area contributed by atoms with Gasteiger partial charge in [0.2, 0.25) is 5.88 Å². The molecule has 0 bridgehead atoms. The van der Waals surface area contributed by atoms with Crippen LogP contribution in [0.5, 0.6) is 11.6 Å². The van der Waals surface area contributed by atoms with Crippen molar-refractivity contribution in [2.45, 2.75) is 0 Å². The number of benzene rings is 2. The Bertz CT molecular complexity index is 746. The molecule has 1 heterocycles. The van der Waals surface area contributed by atoms with Crippen LogP contribution in [0.25, 0.3) is 10.8 Å². The van der Waals surface area contributed by atoms with Crippen molar-refractivity contribution < 1.29 is 4.74 Å². The average Bonchev–Trinajstić information content (AvgIpc) is 2.42. The molecule has 0 saturated carbocycles. The van der Waals surface area contributed by atoms with E-state index in [9.17, 15) is 0 Å². The van der Waals surface area contributed by atoms with Crippen molar-refractivity contribution >= 4 is 34.0 Å². The van der Waals surface area contributed by atoms with Gasteiger partial charge in [0.25, 0.3) is 0 Å². The molecule has 5 heteroatoms. The van der Waals surface area contributed by atoms with E-state index in [0.29, 0.717) is 21.8 Å². The van der Waals surface area contributed by atoms with Crippen molar-refractivity contribution in [3.63, 3.8) is 0 Å². The standard InChI is InChI=1S/C14H8Cl2N2O/c15-11-5-6-12(10-4-2-1-3-9(10)11)19-14-7-13(16)17-8-18-14/h1-8H. The Hall–Kier alpha value is -1.84. The zero-order valence-electron chi connectivity index (χ0n) is 9.68. The molecule has 3 nitrogen and oxygen atoms in total. The third kappa shape index (κ3) is 2.48. The lowest BCUT2D eigenvalue weighted by molar-refractivity contribution is 0.467. The molecule has 0 spiro atoms. The Morgan fingerprint density at radius 1 is 0.895 bits per heavy atom. The zero-order valence-corrected chi connectivity index (χ0v) is 11.2. The minimum atomic E-state index is 0.336. The average molecular weight is 291 g/mol. The first-order valence-electron chi connectivity index (χ1n) is 5.57. The van der Waals surface area contributed by atoms with Gasteiger partial charge in [0.1, 0.15) is 17.2 Å². The molecule has 3 rings (SSSR count). The Morgan fingerprint density at radius 3 is 2.47 bits per heavy atom. The Morgan fingerprint density at radius 2 is 1.68 bits per heavy atom. The molecule has 0 aliphatic carbocycles. The van der Waals surface area contributed by atoms with E-state index in [1.54, 1.807) is 18.2 Å². The van der Waals surface area contributed by atoms with Gasteiger partial charge >= 0.3 is 0 Å². The highest BCUT2D eigenvalue weighted by atomic mass is 35.5. The predicted molar refractivity (Wildman–Crippen MR) is 76.1 cm³/mol. The van der Waals surface area contributed by atoms with Gasteiger partial charge in [-0.2, -0.15) is 0 Å². The van der Waals surface area contributed by atoms with E-state index in [4.69, 9.17) is 27.9 Å². The Balaban J connectivity index is 2.09. The maximum atomic E-state index is 6.15. The number of ether oxygens (including phenoxy) is 1. The number of fused-ring (bicyclic) bond motifs is 1. The smallest absolute Gasteiger partial charge is 0.223 e. The fourth-order valence-electron chi connectivity index (χ4n) is 1.81. The lowest BCUT2D eigenvalue weighted by atomic mass is 10.1. The second-order valence-electron chi connectivity index (χ2n) is 3.87. The summed E-state index contributed by atoms with van der Waals surface area (Å²) in [6, 6.07) is 12.9. The number of rotatable bonds is 2. The van der Waals surface area contributed by atoms with E-state index in [0.717, 1.165) is 10.8 Å². The van der Waals surface area contributed by atoms with E-state index < -0.39 is 0 Å². The van der Waals surface area contributed by atoms with Crippen molar-refractivity contribution in [3.8, 4) is 11.6 Å². The lowest BCUT2D eigenvalue weighted by Gasteiger charge is -2.09. The molecule has 0 unspecified atom stereocenters. The molecule has 0 amide bonds. The highest BCUT2D eigenvalue weighted by Gasteiger charge is 2.07. The van der Waals surface area contributed by atoms with Crippen molar-refractivity contribution in [2.75, 3.05) is 0 Å². The van der Waals surface area contributed by atoms with Crippen LogP contribution in [0.15, 0.2) is 48.8 Å². The monoisotopic (exact) mass is 290 g/mol. The number of aromatic nitrogens is 2. The van der Waals surface area contributed by atoms with Gasteiger partial charge < -0.3 is 4.74 Å². The van der Waals surface area contributed by atoms with Gasteiger partial charge in [0, 0.05) is 21.9 Å². The summed E-state index contributed by atoms with van der Waals surface area (Å²) in [5.74, 6) is 1.07. The maximum absolute atomic E-state index is 6.15. The molecule has 94 valence electrons. The number of hydrogen-bond donors (Lipinski definition) is 0. The Kier molecular flexibility index (Phi) is 3.23. The van der Waals surface area contributed by atoms with E-state index >= 15 is 0 Å². The highest BCUT2D eigenvalue weighted by Crippen LogP contribution is 2.33. The maximum Gasteiger partial charge on any atom is 0.223 e. The van der Waals surface area contributed by atoms with Gasteiger partial charge in [-0.3, -0.25) is 0 Å². The largest absolute Gasteiger partial charge is 0.438 e. The second kappa shape index (κ2) is 5.03. The minimum Gasteiger partial charge on any atom is -0.438 e. The van der Waals surface area contributed by atoms with Crippen molar-refractivity contribution in [3.05, 3.63) is 59.0 Å². The summed E-state index contributed by atoms with van der Waals surface area (Å²) < 4.78 is 5.73. The number of hydrogen-bond acceptors (Lipinski definition) is 3. The van der Waals surface area contributed by atoms with Gasteiger partial charge in [-0.05, 0) is 12.1 Å². The summed E-state index contributed by atoms with van der Waals surface area (Å²) in [7, 11) is 0. The lowest BCUT2D eigenvalue weighted by Crippen LogP contribution is -1.90.